The van der Waals surface area contributed by atoms with Gasteiger partial charge >= 0.3 is 0 Å². The second-order valence-corrected chi connectivity index (χ2v) is 6.26. The van der Waals surface area contributed by atoms with Crippen molar-refractivity contribution in [3.63, 3.8) is 0 Å². The van der Waals surface area contributed by atoms with Gasteiger partial charge in [-0.05, 0) is 63.9 Å². The third kappa shape index (κ3) is 3.97. The van der Waals surface area contributed by atoms with Gasteiger partial charge in [-0.1, -0.05) is 6.42 Å². The van der Waals surface area contributed by atoms with E-state index in [1.165, 1.54) is 24.9 Å². The van der Waals surface area contributed by atoms with Crippen LogP contribution in [0.5, 0.6) is 0 Å². The van der Waals surface area contributed by atoms with Crippen LogP contribution in [0.2, 0.25) is 0 Å². The minimum atomic E-state index is -0.357. The van der Waals surface area contributed by atoms with Gasteiger partial charge in [-0.15, -0.1) is 0 Å². The lowest BCUT2D eigenvalue weighted by atomic mass is 10.0. The molecule has 0 spiro atoms. The molecule has 4 heteroatoms. The largest absolute Gasteiger partial charge is 0.368 e. The van der Waals surface area contributed by atoms with E-state index < -0.39 is 0 Å². The molecule has 2 rings (SSSR count). The molecule has 1 heterocycles. The molecule has 0 saturated carbocycles. The van der Waals surface area contributed by atoms with Gasteiger partial charge in [0.25, 0.3) is 0 Å². The van der Waals surface area contributed by atoms with E-state index >= 15 is 0 Å². The molecule has 0 radical (unpaired) electrons. The van der Waals surface area contributed by atoms with E-state index in [1.807, 2.05) is 19.1 Å². The summed E-state index contributed by atoms with van der Waals surface area (Å²) < 4.78 is 0. The van der Waals surface area contributed by atoms with Crippen LogP contribution in [0.1, 0.15) is 49.0 Å². The average molecular weight is 289 g/mol. The summed E-state index contributed by atoms with van der Waals surface area (Å²) in [6, 6.07) is 6.90. The summed E-state index contributed by atoms with van der Waals surface area (Å²) >= 11 is 0. The van der Waals surface area contributed by atoms with E-state index in [-0.39, 0.29) is 5.91 Å². The zero-order chi connectivity index (χ0) is 15.4. The van der Waals surface area contributed by atoms with Crippen molar-refractivity contribution < 1.29 is 4.79 Å². The van der Waals surface area contributed by atoms with E-state index in [2.05, 4.69) is 30.1 Å². The molecule has 1 aromatic carbocycles. The number of anilines is 1. The van der Waals surface area contributed by atoms with E-state index in [1.54, 1.807) is 0 Å². The Morgan fingerprint density at radius 1 is 1.43 bits per heavy atom. The van der Waals surface area contributed by atoms with Crippen molar-refractivity contribution in [2.45, 2.75) is 52.1 Å². The lowest BCUT2D eigenvalue weighted by molar-refractivity contribution is 0.0999. The first-order valence-corrected chi connectivity index (χ1v) is 7.89. The number of primary amides is 1. The normalized spacial score (nSPS) is 18.8. The number of carbonyl (C=O) groups excluding carboxylic acids is 1. The van der Waals surface area contributed by atoms with E-state index in [0.717, 1.165) is 18.7 Å². The van der Waals surface area contributed by atoms with Crippen molar-refractivity contribution in [1.29, 1.82) is 0 Å². The van der Waals surface area contributed by atoms with Crippen LogP contribution in [0.15, 0.2) is 18.2 Å². The number of aryl methyl sites for hydroxylation is 1. The van der Waals surface area contributed by atoms with E-state index in [0.29, 0.717) is 17.6 Å². The standard InChI is InChI=1S/C17H27N3O/c1-12(2)20(11-14-6-4-5-9-19-14)15-7-8-16(17(18)21)13(3)10-15/h7-8,10,12,14,19H,4-6,9,11H2,1-3H3,(H2,18,21). The Bertz CT molecular complexity index is 493. The Morgan fingerprint density at radius 2 is 2.19 bits per heavy atom. The molecule has 0 bridgehead atoms. The number of amides is 1. The summed E-state index contributed by atoms with van der Waals surface area (Å²) in [5, 5.41) is 3.60. The topological polar surface area (TPSA) is 58.4 Å². The molecule has 1 unspecified atom stereocenters. The predicted octanol–water partition coefficient (Wildman–Crippen LogP) is 2.45. The Kier molecular flexibility index (Phi) is 5.23. The fourth-order valence-corrected chi connectivity index (χ4v) is 3.03. The number of nitrogens with zero attached hydrogens (tertiary/aromatic N) is 1. The molecule has 1 atom stereocenters. The first-order valence-electron chi connectivity index (χ1n) is 7.89. The van der Waals surface area contributed by atoms with Gasteiger partial charge in [-0.25, -0.2) is 0 Å². The Labute approximate surface area is 127 Å². The molecular weight excluding hydrogens is 262 g/mol. The molecule has 1 aliphatic heterocycles. The number of hydrogen-bond donors (Lipinski definition) is 2. The fraction of sp³-hybridized carbons (Fsp3) is 0.588. The number of nitrogens with one attached hydrogen (secondary N) is 1. The number of carbonyl (C=O) groups is 1. The van der Waals surface area contributed by atoms with Gasteiger partial charge in [0.2, 0.25) is 5.91 Å². The molecule has 1 aromatic rings. The quantitative estimate of drug-likeness (QED) is 0.875. The summed E-state index contributed by atoms with van der Waals surface area (Å²) in [4.78, 5) is 13.8. The third-order valence-corrected chi connectivity index (χ3v) is 4.26. The molecule has 1 aliphatic rings. The monoisotopic (exact) mass is 289 g/mol. The molecule has 1 saturated heterocycles. The summed E-state index contributed by atoms with van der Waals surface area (Å²) in [7, 11) is 0. The van der Waals surface area contributed by atoms with Crippen LogP contribution in [-0.2, 0) is 0 Å². The zero-order valence-electron chi connectivity index (χ0n) is 13.4. The highest BCUT2D eigenvalue weighted by atomic mass is 16.1. The Morgan fingerprint density at radius 3 is 2.71 bits per heavy atom. The smallest absolute Gasteiger partial charge is 0.248 e. The number of piperidine rings is 1. The summed E-state index contributed by atoms with van der Waals surface area (Å²) in [6.45, 7) is 8.49. The van der Waals surface area contributed by atoms with Crippen molar-refractivity contribution in [1.82, 2.24) is 5.32 Å². The first-order chi connectivity index (χ1) is 9.99. The summed E-state index contributed by atoms with van der Waals surface area (Å²) in [5.41, 5.74) is 8.11. The van der Waals surface area contributed by atoms with Gasteiger partial charge in [-0.3, -0.25) is 4.79 Å². The van der Waals surface area contributed by atoms with Crippen LogP contribution in [0, 0.1) is 6.92 Å². The molecular formula is C17H27N3O. The maximum absolute atomic E-state index is 11.4. The van der Waals surface area contributed by atoms with Crippen molar-refractivity contribution in [2.24, 2.45) is 5.73 Å². The Hall–Kier alpha value is -1.55. The third-order valence-electron chi connectivity index (χ3n) is 4.26. The highest BCUT2D eigenvalue weighted by Gasteiger charge is 2.19. The van der Waals surface area contributed by atoms with Gasteiger partial charge in [0, 0.05) is 29.9 Å². The molecule has 4 nitrogen and oxygen atoms in total. The summed E-state index contributed by atoms with van der Waals surface area (Å²) in [6.07, 6.45) is 3.83. The van der Waals surface area contributed by atoms with Crippen molar-refractivity contribution in [3.8, 4) is 0 Å². The first kappa shape index (κ1) is 15.8. The zero-order valence-corrected chi connectivity index (χ0v) is 13.4. The fourth-order valence-electron chi connectivity index (χ4n) is 3.03. The second kappa shape index (κ2) is 6.94. The van der Waals surface area contributed by atoms with Gasteiger partial charge in [0.1, 0.15) is 0 Å². The number of rotatable bonds is 5. The number of hydrogen-bond acceptors (Lipinski definition) is 3. The van der Waals surface area contributed by atoms with Crippen LogP contribution in [0.4, 0.5) is 5.69 Å². The Balaban J connectivity index is 2.17. The lowest BCUT2D eigenvalue weighted by Crippen LogP contribution is -2.46. The van der Waals surface area contributed by atoms with Crippen LogP contribution in [-0.4, -0.2) is 31.1 Å². The van der Waals surface area contributed by atoms with Gasteiger partial charge in [0.05, 0.1) is 0 Å². The molecule has 21 heavy (non-hydrogen) atoms. The van der Waals surface area contributed by atoms with Gasteiger partial charge in [0.15, 0.2) is 0 Å². The van der Waals surface area contributed by atoms with Crippen LogP contribution in [0.3, 0.4) is 0 Å². The minimum Gasteiger partial charge on any atom is -0.368 e. The van der Waals surface area contributed by atoms with Crippen molar-refractivity contribution in [3.05, 3.63) is 29.3 Å². The van der Waals surface area contributed by atoms with E-state index in [9.17, 15) is 4.79 Å². The number of benzene rings is 1. The van der Waals surface area contributed by atoms with Gasteiger partial charge < -0.3 is 16.0 Å². The second-order valence-electron chi connectivity index (χ2n) is 6.26. The van der Waals surface area contributed by atoms with Crippen LogP contribution >= 0.6 is 0 Å². The molecule has 0 aliphatic carbocycles. The van der Waals surface area contributed by atoms with Gasteiger partial charge in [-0.2, -0.15) is 0 Å². The van der Waals surface area contributed by atoms with Crippen LogP contribution < -0.4 is 16.0 Å². The average Bonchev–Trinajstić information content (AvgIpc) is 2.45. The summed E-state index contributed by atoms with van der Waals surface area (Å²) in [5.74, 6) is -0.357. The SMILES string of the molecule is Cc1cc(N(CC2CCCCN2)C(C)C)ccc1C(N)=O. The maximum Gasteiger partial charge on any atom is 0.248 e. The van der Waals surface area contributed by atoms with Crippen molar-refractivity contribution in [2.75, 3.05) is 18.0 Å². The molecule has 0 aromatic heterocycles. The van der Waals surface area contributed by atoms with E-state index in [4.69, 9.17) is 5.73 Å². The molecule has 3 N–H and O–H groups in total. The van der Waals surface area contributed by atoms with Crippen LogP contribution in [0.25, 0.3) is 0 Å². The highest BCUT2D eigenvalue weighted by molar-refractivity contribution is 5.94. The number of nitrogens with two attached hydrogens (primary N) is 1. The lowest BCUT2D eigenvalue weighted by Gasteiger charge is -2.35. The molecule has 1 fully saturated rings. The highest BCUT2D eigenvalue weighted by Crippen LogP contribution is 2.22. The minimum absolute atomic E-state index is 0.357. The van der Waals surface area contributed by atoms with Crippen molar-refractivity contribution >= 4 is 11.6 Å². The maximum atomic E-state index is 11.4. The molecule has 116 valence electrons. The molecule has 1 amide bonds. The predicted molar refractivity (Wildman–Crippen MR) is 87.8 cm³/mol.